The maximum absolute atomic E-state index is 6.98. The van der Waals surface area contributed by atoms with Crippen LogP contribution in [0.4, 0.5) is 0 Å². The highest BCUT2D eigenvalue weighted by atomic mass is 16.5. The fraction of sp³-hybridized carbons (Fsp3) is 0.417. The van der Waals surface area contributed by atoms with E-state index < -0.39 is 0 Å². The normalized spacial score (nSPS) is 12.5. The minimum atomic E-state index is 0.391. The maximum Gasteiger partial charge on any atom is 0.249 e. The van der Waals surface area contributed by atoms with Crippen LogP contribution in [0.3, 0.4) is 0 Å². The van der Waals surface area contributed by atoms with Crippen LogP contribution in [0.5, 0.6) is 23.0 Å². The standard InChI is InChI=1S/C72H90N4O4/c1-13-33-77-69-55-21-17-22-56(69)42-60-38-54(46-74-30-32-76(48-74)68-65(51(9)10)27-20-28-66(68)52(11)12)40-62(72(60)80-36-16-4)44-58-24-18-23-57(70(58)78-34-14-2)43-61-39-53(37-59(41-55)71(61)79-35-15-3)45-73-29-31-75(47-73)67-63(49(5)6)25-19-26-64(67)50(7)8/h17-32,37-40,47-52H,13-16,33-36,41-46H2,1-12H3/q+2. The van der Waals surface area contributed by atoms with Crippen molar-refractivity contribution in [1.29, 1.82) is 0 Å². The molecule has 80 heavy (non-hydrogen) atoms. The van der Waals surface area contributed by atoms with Crippen LogP contribution in [0.1, 0.15) is 210 Å². The third kappa shape index (κ3) is 13.1. The van der Waals surface area contributed by atoms with Gasteiger partial charge in [-0.2, -0.15) is 0 Å². The predicted octanol–water partition coefficient (Wildman–Crippen LogP) is 16.3. The Morgan fingerprint density at radius 2 is 0.637 bits per heavy atom. The Morgan fingerprint density at radius 3 is 0.900 bits per heavy atom. The van der Waals surface area contributed by atoms with Gasteiger partial charge >= 0.3 is 0 Å². The molecule has 0 aliphatic heterocycles. The van der Waals surface area contributed by atoms with Gasteiger partial charge in [0.15, 0.2) is 0 Å². The summed E-state index contributed by atoms with van der Waals surface area (Å²) in [6.45, 7) is 31.0. The second-order valence-corrected chi connectivity index (χ2v) is 23.6. The van der Waals surface area contributed by atoms with Crippen molar-refractivity contribution in [2.24, 2.45) is 0 Å². The monoisotopic (exact) mass is 1070 g/mol. The molecule has 420 valence electrons. The largest absolute Gasteiger partial charge is 0.493 e. The van der Waals surface area contributed by atoms with E-state index in [4.69, 9.17) is 18.9 Å². The average molecular weight is 1080 g/mol. The van der Waals surface area contributed by atoms with E-state index in [1.165, 1.54) is 44.8 Å². The first-order valence-corrected chi connectivity index (χ1v) is 30.2. The predicted molar refractivity (Wildman–Crippen MR) is 327 cm³/mol. The number of hydrogen-bond donors (Lipinski definition) is 0. The summed E-state index contributed by atoms with van der Waals surface area (Å²) in [5, 5.41) is 0. The molecule has 8 bridgehead atoms. The number of hydrogen-bond acceptors (Lipinski definition) is 4. The zero-order valence-corrected chi connectivity index (χ0v) is 50.3. The molecule has 0 saturated heterocycles. The topological polar surface area (TPSA) is 54.5 Å². The lowest BCUT2D eigenvalue weighted by molar-refractivity contribution is -0.687. The van der Waals surface area contributed by atoms with E-state index in [1.54, 1.807) is 0 Å². The number of imidazole rings is 2. The third-order valence-corrected chi connectivity index (χ3v) is 15.6. The van der Waals surface area contributed by atoms with Gasteiger partial charge in [0, 0.05) is 47.9 Å². The van der Waals surface area contributed by atoms with Crippen LogP contribution in [-0.2, 0) is 38.8 Å². The summed E-state index contributed by atoms with van der Waals surface area (Å²) < 4.78 is 37.2. The van der Waals surface area contributed by atoms with Crippen LogP contribution < -0.4 is 28.1 Å². The van der Waals surface area contributed by atoms with Crippen LogP contribution in [0.2, 0.25) is 0 Å². The summed E-state index contributed by atoms with van der Waals surface area (Å²) in [5.41, 5.74) is 19.7. The first kappa shape index (κ1) is 57.6. The average Bonchev–Trinajstić information content (AvgIpc) is 4.17. The Hall–Kier alpha value is -7.06. The first-order chi connectivity index (χ1) is 38.8. The van der Waals surface area contributed by atoms with Crippen molar-refractivity contribution in [3.8, 4) is 34.4 Å². The van der Waals surface area contributed by atoms with Gasteiger partial charge in [-0.15, -0.1) is 0 Å². The molecule has 6 aromatic carbocycles. The van der Waals surface area contributed by atoms with Gasteiger partial charge in [0.25, 0.3) is 0 Å². The summed E-state index contributed by atoms with van der Waals surface area (Å²) in [6, 6.07) is 36.7. The van der Waals surface area contributed by atoms with Gasteiger partial charge in [-0.3, -0.25) is 0 Å². The van der Waals surface area contributed by atoms with Gasteiger partial charge in [-0.25, -0.2) is 18.3 Å². The minimum Gasteiger partial charge on any atom is -0.493 e. The number of ether oxygens (including phenoxy) is 4. The summed E-state index contributed by atoms with van der Waals surface area (Å²) in [4.78, 5) is 0. The molecule has 8 aromatic rings. The Balaban J connectivity index is 1.21. The van der Waals surface area contributed by atoms with Gasteiger partial charge < -0.3 is 18.9 Å². The maximum atomic E-state index is 6.98. The molecule has 0 N–H and O–H groups in total. The molecule has 9 rings (SSSR count). The van der Waals surface area contributed by atoms with E-state index >= 15 is 0 Å². The number of benzene rings is 6. The van der Waals surface area contributed by atoms with E-state index in [9.17, 15) is 0 Å². The van der Waals surface area contributed by atoms with Crippen LogP contribution in [0.15, 0.2) is 135 Å². The lowest BCUT2D eigenvalue weighted by atomic mass is 9.89. The smallest absolute Gasteiger partial charge is 0.249 e. The third-order valence-electron chi connectivity index (χ3n) is 15.6. The van der Waals surface area contributed by atoms with Crippen LogP contribution >= 0.6 is 0 Å². The number of fused-ring (bicyclic) bond motifs is 8. The number of aromatic nitrogens is 4. The zero-order valence-electron chi connectivity index (χ0n) is 50.3. The van der Waals surface area contributed by atoms with Gasteiger partial charge in [0.05, 0.1) is 26.4 Å². The van der Waals surface area contributed by atoms with Crippen molar-refractivity contribution in [1.82, 2.24) is 9.13 Å². The van der Waals surface area contributed by atoms with Gasteiger partial charge in [-0.1, -0.05) is 156 Å². The Kier molecular flexibility index (Phi) is 19.1. The molecule has 1 aliphatic carbocycles. The van der Waals surface area contributed by atoms with E-state index in [0.717, 1.165) is 93.2 Å². The summed E-state index contributed by atoms with van der Waals surface area (Å²) in [7, 11) is 0. The Morgan fingerprint density at radius 1 is 0.375 bits per heavy atom. The van der Waals surface area contributed by atoms with Crippen LogP contribution in [-0.4, -0.2) is 35.6 Å². The summed E-state index contributed by atoms with van der Waals surface area (Å²) >= 11 is 0. The molecule has 0 amide bonds. The molecule has 0 spiro atoms. The fourth-order valence-corrected chi connectivity index (χ4v) is 11.9. The summed E-state index contributed by atoms with van der Waals surface area (Å²) in [6.07, 6.45) is 19.6. The molecule has 8 heteroatoms. The van der Waals surface area contributed by atoms with Crippen molar-refractivity contribution in [2.45, 2.75) is 171 Å². The molecular weight excluding hydrogens is 985 g/mol. The zero-order chi connectivity index (χ0) is 56.5. The molecule has 2 heterocycles. The Bertz CT molecular complexity index is 3010. The van der Waals surface area contributed by atoms with Crippen LogP contribution in [0.25, 0.3) is 11.4 Å². The number of para-hydroxylation sites is 4. The highest BCUT2D eigenvalue weighted by Crippen LogP contribution is 2.41. The number of nitrogens with zero attached hydrogens (tertiary/aromatic N) is 4. The highest BCUT2D eigenvalue weighted by Gasteiger charge is 2.27. The molecule has 2 aromatic heterocycles. The first-order valence-electron chi connectivity index (χ1n) is 30.2. The lowest BCUT2D eigenvalue weighted by Gasteiger charge is -2.23. The second-order valence-electron chi connectivity index (χ2n) is 23.6. The van der Waals surface area contributed by atoms with Gasteiger partial charge in [-0.05, 0) is 129 Å². The van der Waals surface area contributed by atoms with E-state index in [-0.39, 0.29) is 0 Å². The van der Waals surface area contributed by atoms with Crippen molar-refractivity contribution in [2.75, 3.05) is 26.4 Å². The molecule has 0 unspecified atom stereocenters. The molecule has 8 nitrogen and oxygen atoms in total. The summed E-state index contributed by atoms with van der Waals surface area (Å²) in [5.74, 6) is 5.39. The molecule has 1 aliphatic rings. The van der Waals surface area contributed by atoms with Crippen LogP contribution in [0, 0.1) is 0 Å². The molecule has 0 atom stereocenters. The van der Waals surface area contributed by atoms with Gasteiger partial charge in [0.2, 0.25) is 12.7 Å². The van der Waals surface area contributed by atoms with Crippen molar-refractivity contribution in [3.05, 3.63) is 212 Å². The highest BCUT2D eigenvalue weighted by molar-refractivity contribution is 5.58. The van der Waals surface area contributed by atoms with Crippen molar-refractivity contribution >= 4 is 0 Å². The number of rotatable bonds is 22. The van der Waals surface area contributed by atoms with E-state index in [0.29, 0.717) is 88.9 Å². The van der Waals surface area contributed by atoms with E-state index in [2.05, 4.69) is 236 Å². The molecule has 0 saturated carbocycles. The van der Waals surface area contributed by atoms with E-state index in [1.807, 2.05) is 0 Å². The van der Waals surface area contributed by atoms with Crippen molar-refractivity contribution in [3.63, 3.8) is 0 Å². The molecular formula is C72H90N4O4+2. The second kappa shape index (κ2) is 26.5. The minimum absolute atomic E-state index is 0.391. The van der Waals surface area contributed by atoms with Gasteiger partial charge in [0.1, 0.15) is 72.2 Å². The lowest BCUT2D eigenvalue weighted by Crippen LogP contribution is -2.31. The fourth-order valence-electron chi connectivity index (χ4n) is 11.9. The Labute approximate surface area is 479 Å². The molecule has 0 fully saturated rings. The molecule has 0 radical (unpaired) electrons. The SMILES string of the molecule is CCCOc1c2cccc1Cc1cc(C[n+]3ccn(-c4c(C(C)C)cccc4C(C)C)c3)cc(c1OCCC)Cc1cccc(c1OCCC)Cc1cc(C[n+]3ccn(-c4c(C(C)C)cccc4C(C)C)c3)cc(c1OCCC)C2. The quantitative estimate of drug-likeness (QED) is 0.0635. The van der Waals surface area contributed by atoms with Crippen molar-refractivity contribution < 1.29 is 28.1 Å².